The van der Waals surface area contributed by atoms with Crippen molar-refractivity contribution in [2.75, 3.05) is 7.11 Å². The van der Waals surface area contributed by atoms with Crippen LogP contribution in [0.5, 0.6) is 0 Å². The summed E-state index contributed by atoms with van der Waals surface area (Å²) in [4.78, 5) is 0. The van der Waals surface area contributed by atoms with Crippen LogP contribution in [0.2, 0.25) is 0 Å². The molecule has 2 aliphatic carbocycles. The molecule has 146 valence electrons. The van der Waals surface area contributed by atoms with E-state index in [0.717, 1.165) is 37.7 Å². The van der Waals surface area contributed by atoms with Crippen LogP contribution in [0.4, 0.5) is 0 Å². The Hall–Kier alpha value is -0.0800. The average molecular weight is 343 g/mol. The van der Waals surface area contributed by atoms with Gasteiger partial charge in [0.1, 0.15) is 0 Å². The monoisotopic (exact) mass is 342 g/mol. The van der Waals surface area contributed by atoms with Gasteiger partial charge in [0.2, 0.25) is 0 Å². The van der Waals surface area contributed by atoms with Gasteiger partial charge in [-0.2, -0.15) is 0 Å². The Morgan fingerprint density at radius 3 is 1.83 bits per heavy atom. The second kappa shape index (κ2) is 10.8. The third kappa shape index (κ3) is 6.33. The first-order valence-electron chi connectivity index (χ1n) is 10.4. The fraction of sp³-hybridized carbons (Fsp3) is 1.00. The number of hydrogen-bond donors (Lipinski definition) is 2. The largest absolute Gasteiger partial charge is 0.400 e. The molecule has 0 radical (unpaired) electrons. The first-order chi connectivity index (χ1) is 11.2. The maximum absolute atomic E-state index is 10.1. The zero-order chi connectivity index (χ0) is 19.0. The maximum atomic E-state index is 10.1. The van der Waals surface area contributed by atoms with Gasteiger partial charge in [-0.15, -0.1) is 0 Å². The lowest BCUT2D eigenvalue weighted by molar-refractivity contribution is -0.0323. The summed E-state index contributed by atoms with van der Waals surface area (Å²) in [6.07, 6.45) is 9.86. The number of fused-ring (bicyclic) bond motifs is 1. The summed E-state index contributed by atoms with van der Waals surface area (Å²) in [6.45, 7) is 16.4. The van der Waals surface area contributed by atoms with Gasteiger partial charge < -0.3 is 10.2 Å². The molecule has 2 heteroatoms. The van der Waals surface area contributed by atoms with Gasteiger partial charge in [0, 0.05) is 7.11 Å². The molecule has 0 amide bonds. The van der Waals surface area contributed by atoms with Gasteiger partial charge in [-0.1, -0.05) is 61.3 Å². The second-order valence-electron chi connectivity index (χ2n) is 9.05. The fourth-order valence-electron chi connectivity index (χ4n) is 4.95. The normalized spacial score (nSPS) is 35.2. The molecule has 0 aliphatic heterocycles. The van der Waals surface area contributed by atoms with Crippen LogP contribution in [-0.4, -0.2) is 23.4 Å². The SMILES string of the molecule is CC.CC1C2CCCC[C@@H](O)CCC(C)(C)C2CCC1(C)C.CO. The van der Waals surface area contributed by atoms with Gasteiger partial charge in [0.15, 0.2) is 0 Å². The van der Waals surface area contributed by atoms with Crippen molar-refractivity contribution in [2.24, 2.45) is 28.6 Å². The van der Waals surface area contributed by atoms with Gasteiger partial charge in [0.25, 0.3) is 0 Å². The van der Waals surface area contributed by atoms with Crippen LogP contribution in [0, 0.1) is 28.6 Å². The molecule has 2 rings (SSSR count). The molecule has 2 aliphatic rings. The van der Waals surface area contributed by atoms with E-state index in [1.165, 1.54) is 38.5 Å². The van der Waals surface area contributed by atoms with Crippen molar-refractivity contribution in [1.82, 2.24) is 0 Å². The van der Waals surface area contributed by atoms with Gasteiger partial charge in [-0.05, 0) is 67.1 Å². The van der Waals surface area contributed by atoms with Gasteiger partial charge in [-0.3, -0.25) is 0 Å². The first-order valence-corrected chi connectivity index (χ1v) is 10.4. The Morgan fingerprint density at radius 2 is 1.25 bits per heavy atom. The molecule has 0 bridgehead atoms. The smallest absolute Gasteiger partial charge is 0.0540 e. The summed E-state index contributed by atoms with van der Waals surface area (Å²) >= 11 is 0. The highest BCUT2D eigenvalue weighted by Crippen LogP contribution is 2.54. The van der Waals surface area contributed by atoms with Crippen molar-refractivity contribution < 1.29 is 10.2 Å². The zero-order valence-corrected chi connectivity index (χ0v) is 17.9. The molecule has 0 spiro atoms. The average Bonchev–Trinajstić information content (AvgIpc) is 2.56. The van der Waals surface area contributed by atoms with Crippen molar-refractivity contribution in [3.63, 3.8) is 0 Å². The van der Waals surface area contributed by atoms with Gasteiger partial charge in [-0.25, -0.2) is 0 Å². The molecule has 0 aromatic heterocycles. The Labute approximate surface area is 152 Å². The van der Waals surface area contributed by atoms with E-state index in [0.29, 0.717) is 10.8 Å². The maximum Gasteiger partial charge on any atom is 0.0540 e. The summed E-state index contributed by atoms with van der Waals surface area (Å²) in [7, 11) is 1.00. The van der Waals surface area contributed by atoms with Crippen LogP contribution in [0.1, 0.15) is 99.8 Å². The van der Waals surface area contributed by atoms with E-state index in [9.17, 15) is 5.11 Å². The Balaban J connectivity index is 0.00000123. The topological polar surface area (TPSA) is 40.5 Å². The van der Waals surface area contributed by atoms with Gasteiger partial charge >= 0.3 is 0 Å². The molecule has 0 saturated heterocycles. The minimum atomic E-state index is -0.0525. The molecule has 0 aromatic rings. The quantitative estimate of drug-likeness (QED) is 0.562. The van der Waals surface area contributed by atoms with Gasteiger partial charge in [0.05, 0.1) is 6.10 Å². The van der Waals surface area contributed by atoms with E-state index in [1.54, 1.807) is 0 Å². The zero-order valence-electron chi connectivity index (χ0n) is 17.9. The molecule has 0 aromatic carbocycles. The summed E-state index contributed by atoms with van der Waals surface area (Å²) in [5.41, 5.74) is 0.911. The van der Waals surface area contributed by atoms with Crippen LogP contribution in [0.3, 0.4) is 0 Å². The Kier molecular flexibility index (Phi) is 10.8. The van der Waals surface area contributed by atoms with Crippen LogP contribution in [0.15, 0.2) is 0 Å². The van der Waals surface area contributed by atoms with E-state index in [-0.39, 0.29) is 6.10 Å². The highest BCUT2D eigenvalue weighted by molar-refractivity contribution is 4.95. The molecular weight excluding hydrogens is 296 g/mol. The van der Waals surface area contributed by atoms with Crippen LogP contribution < -0.4 is 0 Å². The molecule has 2 nitrogen and oxygen atoms in total. The third-order valence-electron chi connectivity index (χ3n) is 6.94. The molecule has 2 N–H and O–H groups in total. The Morgan fingerprint density at radius 1 is 0.750 bits per heavy atom. The summed E-state index contributed by atoms with van der Waals surface area (Å²) < 4.78 is 0. The minimum Gasteiger partial charge on any atom is -0.400 e. The molecular formula is C22H46O2. The fourth-order valence-corrected chi connectivity index (χ4v) is 4.95. The van der Waals surface area contributed by atoms with E-state index in [2.05, 4.69) is 34.6 Å². The molecule has 3 unspecified atom stereocenters. The van der Waals surface area contributed by atoms with E-state index in [1.807, 2.05) is 13.8 Å². The highest BCUT2D eigenvalue weighted by Gasteiger charge is 2.46. The predicted octanol–water partition coefficient (Wildman–Crippen LogP) is 6.05. The number of hydrogen-bond acceptors (Lipinski definition) is 2. The molecule has 24 heavy (non-hydrogen) atoms. The van der Waals surface area contributed by atoms with E-state index in [4.69, 9.17) is 5.11 Å². The number of aliphatic hydroxyl groups excluding tert-OH is 2. The number of rotatable bonds is 0. The van der Waals surface area contributed by atoms with Crippen molar-refractivity contribution in [3.05, 3.63) is 0 Å². The molecule has 2 fully saturated rings. The number of aliphatic hydroxyl groups is 2. The van der Waals surface area contributed by atoms with Crippen LogP contribution >= 0.6 is 0 Å². The lowest BCUT2D eigenvalue weighted by Gasteiger charge is -2.52. The van der Waals surface area contributed by atoms with Crippen LogP contribution in [0.25, 0.3) is 0 Å². The lowest BCUT2D eigenvalue weighted by Crippen LogP contribution is -2.44. The summed E-state index contributed by atoms with van der Waals surface area (Å²) in [6, 6.07) is 0. The second-order valence-corrected chi connectivity index (χ2v) is 9.05. The van der Waals surface area contributed by atoms with E-state index >= 15 is 0 Å². The minimum absolute atomic E-state index is 0.0525. The summed E-state index contributed by atoms with van der Waals surface area (Å²) in [5, 5.41) is 17.1. The van der Waals surface area contributed by atoms with E-state index < -0.39 is 0 Å². The molecule has 2 saturated carbocycles. The highest BCUT2D eigenvalue weighted by atomic mass is 16.3. The summed E-state index contributed by atoms with van der Waals surface area (Å²) in [5.74, 6) is 2.59. The molecule has 4 atom stereocenters. The van der Waals surface area contributed by atoms with Crippen molar-refractivity contribution >= 4 is 0 Å². The van der Waals surface area contributed by atoms with Crippen molar-refractivity contribution in [3.8, 4) is 0 Å². The van der Waals surface area contributed by atoms with Crippen molar-refractivity contribution in [1.29, 1.82) is 0 Å². The standard InChI is InChI=1S/C19H36O.C2H6.CH4O/c1-14-16-9-7-6-8-15(20)10-12-19(4,5)17(16)11-13-18(14,2)3;2*1-2/h14-17,20H,6-13H2,1-5H3;1-2H3;2H,1H3/t14?,15-,16?,17?;;/m1../s1. The Bertz CT molecular complexity index is 322. The molecule has 0 heterocycles. The third-order valence-corrected chi connectivity index (χ3v) is 6.94. The van der Waals surface area contributed by atoms with Crippen molar-refractivity contribution in [2.45, 2.75) is 106 Å². The lowest BCUT2D eigenvalue weighted by atomic mass is 9.53. The predicted molar refractivity (Wildman–Crippen MR) is 106 cm³/mol. The van der Waals surface area contributed by atoms with Crippen LogP contribution in [-0.2, 0) is 0 Å². The first kappa shape index (κ1) is 23.9.